The van der Waals surface area contributed by atoms with Crippen LogP contribution in [0.2, 0.25) is 0 Å². The summed E-state index contributed by atoms with van der Waals surface area (Å²) < 4.78 is 24.9. The van der Waals surface area contributed by atoms with Gasteiger partial charge in [0.2, 0.25) is 0 Å². The van der Waals surface area contributed by atoms with Gasteiger partial charge in [-0.1, -0.05) is 0 Å². The molecule has 15 heavy (non-hydrogen) atoms. The molecule has 1 N–H and O–H groups in total. The maximum absolute atomic E-state index is 10.8. The van der Waals surface area contributed by atoms with Crippen LogP contribution in [-0.2, 0) is 3.74 Å². The summed E-state index contributed by atoms with van der Waals surface area (Å²) in [6.45, 7) is 2.01. The molecule has 0 aliphatic carbocycles. The van der Waals surface area contributed by atoms with Crippen molar-refractivity contribution in [1.82, 2.24) is 0 Å². The van der Waals surface area contributed by atoms with Gasteiger partial charge in [-0.15, -0.1) is 0 Å². The Balaban J connectivity index is 3.20. The van der Waals surface area contributed by atoms with Crippen LogP contribution in [0.5, 0.6) is 5.75 Å². The normalized spacial score (nSPS) is 12.1. The van der Waals surface area contributed by atoms with Gasteiger partial charge >= 0.3 is 90.1 Å². The van der Waals surface area contributed by atoms with Crippen molar-refractivity contribution in [3.8, 4) is 5.75 Å². The van der Waals surface area contributed by atoms with Crippen molar-refractivity contribution in [3.05, 3.63) is 28.3 Å². The molecule has 0 amide bonds. The van der Waals surface area contributed by atoms with E-state index in [4.69, 9.17) is 8.83 Å². The molecule has 0 saturated carbocycles. The molecule has 1 atom stereocenters. The van der Waals surface area contributed by atoms with Crippen LogP contribution in [0.1, 0.15) is 6.92 Å². The summed E-state index contributed by atoms with van der Waals surface area (Å²) in [6, 6.07) is 3.81. The van der Waals surface area contributed by atoms with Crippen molar-refractivity contribution in [3.63, 3.8) is 0 Å². The summed E-state index contributed by atoms with van der Waals surface area (Å²) in [4.78, 5) is 10.0. The molecule has 0 fully saturated rings. The van der Waals surface area contributed by atoms with E-state index in [-0.39, 0.29) is 15.8 Å². The van der Waals surface area contributed by atoms with Crippen LogP contribution in [0.4, 0.5) is 5.69 Å². The van der Waals surface area contributed by atoms with Gasteiger partial charge in [0.15, 0.2) is 0 Å². The van der Waals surface area contributed by atoms with Crippen LogP contribution in [-0.4, -0.2) is 30.6 Å². The fraction of sp³-hybridized carbons (Fsp3) is 0.250. The zero-order valence-corrected chi connectivity index (χ0v) is 10.1. The molecule has 0 radical (unpaired) electrons. The predicted octanol–water partition coefficient (Wildman–Crippen LogP) is -0.156. The summed E-state index contributed by atoms with van der Waals surface area (Å²) >= 11 is -3.50. The van der Waals surface area contributed by atoms with Gasteiger partial charge in [0.05, 0.1) is 0 Å². The van der Waals surface area contributed by atoms with Gasteiger partial charge in [0.25, 0.3) is 0 Å². The molecule has 6 nitrogen and oxygen atoms in total. The average molecular weight is 275 g/mol. The number of hydrogen-bond donors (Lipinski definition) is 1. The number of rotatable bonds is 4. The number of hydrogen-bond acceptors (Lipinski definition) is 4. The van der Waals surface area contributed by atoms with E-state index in [2.05, 4.69) is 0 Å². The molecule has 1 rings (SSSR count). The van der Waals surface area contributed by atoms with E-state index in [0.717, 1.165) is 6.07 Å². The Morgan fingerprint density at radius 3 is 2.73 bits per heavy atom. The monoisotopic (exact) mass is 275 g/mol. The molecule has 0 spiro atoms. The first-order chi connectivity index (χ1) is 7.06. The summed E-state index contributed by atoms with van der Waals surface area (Å²) in [5.74, 6) is 0.116. The molecular formula is C8H10AsNO5. The van der Waals surface area contributed by atoms with Gasteiger partial charge in [0.1, 0.15) is 0 Å². The van der Waals surface area contributed by atoms with Crippen LogP contribution in [0.25, 0.3) is 0 Å². The molecule has 0 saturated heterocycles. The Kier molecular flexibility index (Phi) is 3.94. The Hall–Kier alpha value is -1.26. The molecule has 1 unspecified atom stereocenters. The van der Waals surface area contributed by atoms with Crippen LogP contribution >= 0.6 is 0 Å². The molecule has 1 aromatic rings. The number of ether oxygens (including phenoxy) is 1. The van der Waals surface area contributed by atoms with Crippen molar-refractivity contribution >= 4 is 25.0 Å². The standard InChI is InChI=1S/C8H10AsNO5/c1-2-15-8-4-3-6(9(11)12)5-7(8)10(13)14/h3-5,9H,2H2,1H3,(H,11,12). The van der Waals surface area contributed by atoms with Crippen molar-refractivity contribution < 1.29 is 17.5 Å². The minimum atomic E-state index is -3.50. The van der Waals surface area contributed by atoms with E-state index in [1.54, 1.807) is 6.92 Å². The maximum atomic E-state index is 10.8. The van der Waals surface area contributed by atoms with Crippen molar-refractivity contribution in [2.24, 2.45) is 0 Å². The summed E-state index contributed by atoms with van der Waals surface area (Å²) in [7, 11) is 0. The number of nitro groups is 1. The fourth-order valence-electron chi connectivity index (χ4n) is 1.07. The van der Waals surface area contributed by atoms with E-state index in [0.29, 0.717) is 6.61 Å². The Morgan fingerprint density at radius 2 is 2.27 bits per heavy atom. The van der Waals surface area contributed by atoms with E-state index >= 15 is 0 Å². The molecule has 0 bridgehead atoms. The first kappa shape index (κ1) is 11.8. The third-order valence-electron chi connectivity index (χ3n) is 1.70. The number of nitrogens with zero attached hydrogens (tertiary/aromatic N) is 1. The topological polar surface area (TPSA) is 89.7 Å². The summed E-state index contributed by atoms with van der Waals surface area (Å²) in [5.41, 5.74) is -0.274. The van der Waals surface area contributed by atoms with Gasteiger partial charge in [0, 0.05) is 0 Å². The van der Waals surface area contributed by atoms with Crippen LogP contribution in [0.15, 0.2) is 18.2 Å². The number of benzene rings is 1. The molecule has 1 aromatic carbocycles. The first-order valence-electron chi connectivity index (χ1n) is 4.20. The Bertz CT molecular complexity index is 406. The fourth-order valence-corrected chi connectivity index (χ4v) is 2.09. The molecule has 0 aliphatic rings. The third kappa shape index (κ3) is 2.84. The van der Waals surface area contributed by atoms with Crippen molar-refractivity contribution in [2.75, 3.05) is 6.61 Å². The molecule has 7 heteroatoms. The van der Waals surface area contributed by atoms with E-state index < -0.39 is 19.9 Å². The SMILES string of the molecule is CCOc1ccc([AsH](=O)O)cc1[N+](=O)[O-]. The second-order valence-electron chi connectivity index (χ2n) is 2.68. The Morgan fingerprint density at radius 1 is 1.60 bits per heavy atom. The minimum absolute atomic E-state index is 0.116. The molecular weight excluding hydrogens is 265 g/mol. The van der Waals surface area contributed by atoms with Gasteiger partial charge in [-0.2, -0.15) is 0 Å². The van der Waals surface area contributed by atoms with Gasteiger partial charge < -0.3 is 0 Å². The molecule has 0 aliphatic heterocycles. The molecule has 82 valence electrons. The second-order valence-corrected chi connectivity index (χ2v) is 5.17. The molecule has 0 aromatic heterocycles. The van der Waals surface area contributed by atoms with Crippen molar-refractivity contribution in [2.45, 2.75) is 6.92 Å². The first-order valence-corrected chi connectivity index (χ1v) is 7.05. The third-order valence-corrected chi connectivity index (χ3v) is 3.39. The average Bonchev–Trinajstić information content (AvgIpc) is 2.18. The van der Waals surface area contributed by atoms with Crippen LogP contribution < -0.4 is 9.09 Å². The molecule has 0 heterocycles. The quantitative estimate of drug-likeness (QED) is 0.468. The number of nitro benzene ring substituents is 1. The summed E-state index contributed by atoms with van der Waals surface area (Å²) in [5, 5.41) is 10.6. The van der Waals surface area contributed by atoms with Crippen LogP contribution in [0.3, 0.4) is 0 Å². The van der Waals surface area contributed by atoms with Crippen LogP contribution in [0, 0.1) is 10.1 Å². The van der Waals surface area contributed by atoms with E-state index in [1.807, 2.05) is 0 Å². The van der Waals surface area contributed by atoms with Crippen molar-refractivity contribution in [1.29, 1.82) is 0 Å². The second kappa shape index (κ2) is 5.00. The summed E-state index contributed by atoms with van der Waals surface area (Å²) in [6.07, 6.45) is 0. The predicted molar refractivity (Wildman–Crippen MR) is 54.0 cm³/mol. The van der Waals surface area contributed by atoms with Gasteiger partial charge in [-0.3, -0.25) is 0 Å². The Labute approximate surface area is 90.5 Å². The zero-order valence-electron chi connectivity index (χ0n) is 7.97. The zero-order chi connectivity index (χ0) is 11.4. The van der Waals surface area contributed by atoms with E-state index in [9.17, 15) is 13.9 Å². The van der Waals surface area contributed by atoms with Gasteiger partial charge in [-0.05, 0) is 0 Å². The van der Waals surface area contributed by atoms with E-state index in [1.165, 1.54) is 12.1 Å². The van der Waals surface area contributed by atoms with Gasteiger partial charge in [-0.25, -0.2) is 0 Å².